The van der Waals surface area contributed by atoms with Crippen molar-refractivity contribution in [3.8, 4) is 28.4 Å². The van der Waals surface area contributed by atoms with Crippen molar-refractivity contribution in [1.82, 2.24) is 19.7 Å². The zero-order chi connectivity index (χ0) is 25.9. The molecule has 2 heterocycles. The van der Waals surface area contributed by atoms with Gasteiger partial charge in [-0.15, -0.1) is 5.10 Å². The van der Waals surface area contributed by atoms with Crippen molar-refractivity contribution in [3.05, 3.63) is 83.1 Å². The topological polar surface area (TPSA) is 100 Å². The Morgan fingerprint density at radius 1 is 0.946 bits per heavy atom. The third kappa shape index (κ3) is 4.99. The summed E-state index contributed by atoms with van der Waals surface area (Å²) in [6, 6.07) is 19.5. The number of hydrogen-bond acceptors (Lipinski definition) is 7. The highest BCUT2D eigenvalue weighted by molar-refractivity contribution is 6.30. The molecule has 0 atom stereocenters. The lowest BCUT2D eigenvalue weighted by atomic mass is 10.1. The second-order valence-electron chi connectivity index (χ2n) is 8.24. The summed E-state index contributed by atoms with van der Waals surface area (Å²) >= 11 is 6.04. The molecule has 0 bridgehead atoms. The summed E-state index contributed by atoms with van der Waals surface area (Å²) in [6.07, 6.45) is 0.721. The maximum atomic E-state index is 15.2. The average Bonchev–Trinajstić information content (AvgIpc) is 3.25. The van der Waals surface area contributed by atoms with E-state index in [4.69, 9.17) is 26.8 Å². The van der Waals surface area contributed by atoms with E-state index in [1.165, 1.54) is 13.2 Å². The maximum absolute atomic E-state index is 15.2. The molecular weight excluding hydrogens is 495 g/mol. The molecular formula is C27H24ClFN6O2. The Morgan fingerprint density at radius 2 is 1.65 bits per heavy atom. The van der Waals surface area contributed by atoms with Gasteiger partial charge in [0.2, 0.25) is 5.95 Å². The summed E-state index contributed by atoms with van der Waals surface area (Å²) in [5.41, 5.74) is 9.24. The quantitative estimate of drug-likeness (QED) is 0.278. The summed E-state index contributed by atoms with van der Waals surface area (Å²) in [5.74, 6) is 1.29. The first kappa shape index (κ1) is 24.3. The molecule has 0 unspecified atom stereocenters. The number of nitrogens with one attached hydrogen (secondary N) is 1. The van der Waals surface area contributed by atoms with E-state index in [-0.39, 0.29) is 11.4 Å². The monoisotopic (exact) mass is 518 g/mol. The van der Waals surface area contributed by atoms with Crippen molar-refractivity contribution in [3.63, 3.8) is 0 Å². The Balaban J connectivity index is 1.55. The van der Waals surface area contributed by atoms with Crippen LogP contribution in [-0.2, 0) is 6.42 Å². The van der Waals surface area contributed by atoms with Crippen LogP contribution in [0.1, 0.15) is 5.56 Å². The molecule has 0 spiro atoms. The van der Waals surface area contributed by atoms with Gasteiger partial charge in [-0.2, -0.15) is 4.98 Å². The summed E-state index contributed by atoms with van der Waals surface area (Å²) in [6.45, 7) is 0.551. The number of nitrogens with two attached hydrogens (primary N) is 1. The van der Waals surface area contributed by atoms with E-state index in [1.54, 1.807) is 48.2 Å². The Labute approximate surface area is 217 Å². The number of anilines is 2. The zero-order valence-electron chi connectivity index (χ0n) is 20.2. The first-order chi connectivity index (χ1) is 18.0. The molecule has 0 aliphatic rings. The minimum Gasteiger partial charge on any atom is -0.497 e. The number of methoxy groups -OCH3 is 2. The first-order valence-corrected chi connectivity index (χ1v) is 11.9. The van der Waals surface area contributed by atoms with Crippen LogP contribution in [0, 0.1) is 5.82 Å². The Bertz CT molecular complexity index is 1550. The molecule has 0 radical (unpaired) electrons. The van der Waals surface area contributed by atoms with Gasteiger partial charge in [-0.05, 0) is 60.5 Å². The van der Waals surface area contributed by atoms with Gasteiger partial charge in [0.05, 0.1) is 31.0 Å². The third-order valence-corrected chi connectivity index (χ3v) is 6.18. The molecule has 3 aromatic carbocycles. The first-order valence-electron chi connectivity index (χ1n) is 11.5. The van der Waals surface area contributed by atoms with Crippen molar-refractivity contribution in [2.45, 2.75) is 6.42 Å². The summed E-state index contributed by atoms with van der Waals surface area (Å²) in [5, 5.41) is 8.87. The van der Waals surface area contributed by atoms with E-state index in [9.17, 15) is 0 Å². The highest BCUT2D eigenvalue weighted by Gasteiger charge is 2.21. The van der Waals surface area contributed by atoms with E-state index < -0.39 is 5.82 Å². The standard InChI is InChI=1S/C27H24ClFN6O2/c1-36-19-9-3-16(4-10-19)13-14-31-27-32-24(21-12-11-20(37-2)15-22(21)29)23-25(30)35(34-26(23)33-27)18-7-5-17(28)6-8-18/h3-12,15H,13-14,30H2,1-2H3,(H,31,33,34). The number of nitrogen functional groups attached to an aromatic ring is 1. The number of nitrogens with zero attached hydrogens (tertiary/aromatic N) is 4. The smallest absolute Gasteiger partial charge is 0.225 e. The summed E-state index contributed by atoms with van der Waals surface area (Å²) in [4.78, 5) is 9.23. The molecule has 8 nitrogen and oxygen atoms in total. The molecule has 188 valence electrons. The van der Waals surface area contributed by atoms with Gasteiger partial charge in [0.15, 0.2) is 5.65 Å². The van der Waals surface area contributed by atoms with Gasteiger partial charge in [0.1, 0.15) is 23.1 Å². The lowest BCUT2D eigenvalue weighted by Gasteiger charge is -2.10. The van der Waals surface area contributed by atoms with Crippen LogP contribution >= 0.6 is 11.6 Å². The zero-order valence-corrected chi connectivity index (χ0v) is 21.0. The Morgan fingerprint density at radius 3 is 2.32 bits per heavy atom. The predicted molar refractivity (Wildman–Crippen MR) is 143 cm³/mol. The van der Waals surface area contributed by atoms with Crippen LogP contribution in [0.15, 0.2) is 66.7 Å². The number of ether oxygens (including phenoxy) is 2. The largest absolute Gasteiger partial charge is 0.497 e. The van der Waals surface area contributed by atoms with Gasteiger partial charge in [-0.3, -0.25) is 0 Å². The minimum absolute atomic E-state index is 0.258. The van der Waals surface area contributed by atoms with Crippen LogP contribution in [-0.4, -0.2) is 40.5 Å². The lowest BCUT2D eigenvalue weighted by Crippen LogP contribution is -2.09. The molecule has 0 aliphatic carbocycles. The van der Waals surface area contributed by atoms with Crippen LogP contribution in [0.3, 0.4) is 0 Å². The molecule has 10 heteroatoms. The van der Waals surface area contributed by atoms with Gasteiger partial charge in [-0.1, -0.05) is 23.7 Å². The van der Waals surface area contributed by atoms with Crippen molar-refractivity contribution in [1.29, 1.82) is 0 Å². The highest BCUT2D eigenvalue weighted by atomic mass is 35.5. The van der Waals surface area contributed by atoms with E-state index >= 15 is 4.39 Å². The van der Waals surface area contributed by atoms with Crippen molar-refractivity contribution in [2.24, 2.45) is 0 Å². The van der Waals surface area contributed by atoms with E-state index in [0.29, 0.717) is 45.7 Å². The van der Waals surface area contributed by atoms with E-state index in [0.717, 1.165) is 17.7 Å². The lowest BCUT2D eigenvalue weighted by molar-refractivity contribution is 0.411. The van der Waals surface area contributed by atoms with Crippen LogP contribution in [0.2, 0.25) is 5.02 Å². The molecule has 5 rings (SSSR count). The summed E-state index contributed by atoms with van der Waals surface area (Å²) < 4.78 is 27.1. The number of rotatable bonds is 8. The number of benzene rings is 3. The SMILES string of the molecule is COc1ccc(CCNc2nc(-c3ccc(OC)cc3F)c3c(N)n(-c4ccc(Cl)cc4)nc3n2)cc1. The molecule has 0 aliphatic heterocycles. The molecule has 0 fully saturated rings. The second-order valence-corrected chi connectivity index (χ2v) is 8.67. The van der Waals surface area contributed by atoms with E-state index in [1.807, 2.05) is 24.3 Å². The van der Waals surface area contributed by atoms with Gasteiger partial charge in [0, 0.05) is 23.2 Å². The minimum atomic E-state index is -0.498. The number of halogens is 2. The van der Waals surface area contributed by atoms with Gasteiger partial charge in [0.25, 0.3) is 0 Å². The fourth-order valence-corrected chi connectivity index (χ4v) is 4.12. The van der Waals surface area contributed by atoms with Crippen LogP contribution in [0.5, 0.6) is 11.5 Å². The Hall–Kier alpha value is -4.37. The number of aromatic nitrogens is 4. The molecule has 0 saturated heterocycles. The van der Waals surface area contributed by atoms with Gasteiger partial charge >= 0.3 is 0 Å². The molecule has 0 saturated carbocycles. The Kier molecular flexibility index (Phi) is 6.78. The average molecular weight is 519 g/mol. The fraction of sp³-hybridized carbons (Fsp3) is 0.148. The van der Waals surface area contributed by atoms with Crippen LogP contribution in [0.4, 0.5) is 16.2 Å². The van der Waals surface area contributed by atoms with Crippen LogP contribution < -0.4 is 20.5 Å². The van der Waals surface area contributed by atoms with Crippen molar-refractivity contribution >= 4 is 34.4 Å². The second kappa shape index (κ2) is 10.3. The van der Waals surface area contributed by atoms with Crippen molar-refractivity contribution < 1.29 is 13.9 Å². The van der Waals surface area contributed by atoms with Crippen molar-refractivity contribution in [2.75, 3.05) is 31.8 Å². The molecule has 0 amide bonds. The molecule has 2 aromatic heterocycles. The predicted octanol–water partition coefficient (Wildman–Crippen LogP) is 5.53. The highest BCUT2D eigenvalue weighted by Crippen LogP contribution is 2.35. The number of fused-ring (bicyclic) bond motifs is 1. The van der Waals surface area contributed by atoms with Crippen LogP contribution in [0.25, 0.3) is 28.0 Å². The number of hydrogen-bond donors (Lipinski definition) is 2. The van der Waals surface area contributed by atoms with Gasteiger partial charge < -0.3 is 20.5 Å². The normalized spacial score (nSPS) is 11.0. The molecule has 37 heavy (non-hydrogen) atoms. The van der Waals surface area contributed by atoms with E-state index in [2.05, 4.69) is 20.4 Å². The molecule has 5 aromatic rings. The third-order valence-electron chi connectivity index (χ3n) is 5.93. The summed E-state index contributed by atoms with van der Waals surface area (Å²) in [7, 11) is 3.12. The fourth-order valence-electron chi connectivity index (χ4n) is 3.99. The maximum Gasteiger partial charge on any atom is 0.225 e. The van der Waals surface area contributed by atoms with Gasteiger partial charge in [-0.25, -0.2) is 14.1 Å². The molecule has 3 N–H and O–H groups in total.